The first-order chi connectivity index (χ1) is 10.0. The molecule has 1 N–H and O–H groups in total. The van der Waals surface area contributed by atoms with Crippen molar-refractivity contribution in [3.8, 4) is 0 Å². The minimum Gasteiger partial charge on any atom is -0.465 e. The number of ether oxygens (including phenoxy) is 1. The normalized spacial score (nSPS) is 10.0. The zero-order valence-electron chi connectivity index (χ0n) is 12.9. The lowest BCUT2D eigenvalue weighted by Gasteiger charge is -2.19. The molecule has 0 fully saturated rings. The zero-order chi connectivity index (χ0) is 16.0. The van der Waals surface area contributed by atoms with E-state index in [0.29, 0.717) is 42.0 Å². The first-order valence-corrected chi connectivity index (χ1v) is 6.82. The summed E-state index contributed by atoms with van der Waals surface area (Å²) in [6.07, 6.45) is 3.92. The van der Waals surface area contributed by atoms with Crippen LogP contribution in [0.1, 0.15) is 39.0 Å². The van der Waals surface area contributed by atoms with Gasteiger partial charge in [0.05, 0.1) is 12.7 Å². The van der Waals surface area contributed by atoms with Crippen molar-refractivity contribution in [1.29, 1.82) is 0 Å². The van der Waals surface area contributed by atoms with E-state index in [1.54, 1.807) is 24.0 Å². The highest BCUT2D eigenvalue weighted by Crippen LogP contribution is 2.21. The fraction of sp³-hybridized carbons (Fsp3) is 0.375. The number of H-pyrrole nitrogens is 1. The molecule has 0 aliphatic heterocycles. The third-order valence-electron chi connectivity index (χ3n) is 3.27. The summed E-state index contributed by atoms with van der Waals surface area (Å²) in [7, 11) is 1.33. The van der Waals surface area contributed by atoms with Crippen LogP contribution < -0.4 is 0 Å². The Morgan fingerprint density at radius 2 is 1.86 bits per heavy atom. The number of carbonyl (C=O) groups is 2. The molecule has 0 spiro atoms. The number of carbonyl (C=O) groups excluding carboxylic acids is 2. The molecule has 1 rings (SSSR count). The number of nitrogens with zero attached hydrogens (tertiary/aromatic N) is 1. The molecule has 0 saturated heterocycles. The Morgan fingerprint density at radius 1 is 1.29 bits per heavy atom. The highest BCUT2D eigenvalue weighted by molar-refractivity contribution is 6.00. The van der Waals surface area contributed by atoms with Gasteiger partial charge >= 0.3 is 5.97 Å². The molecule has 5 heteroatoms. The lowest BCUT2D eigenvalue weighted by atomic mass is 10.1. The number of nitrogens with one attached hydrogen (secondary N) is 1. The van der Waals surface area contributed by atoms with Gasteiger partial charge in [0, 0.05) is 18.8 Å². The zero-order valence-corrected chi connectivity index (χ0v) is 12.9. The molecule has 0 saturated carbocycles. The number of aromatic amines is 1. The predicted octanol–water partition coefficient (Wildman–Crippen LogP) is 2.49. The van der Waals surface area contributed by atoms with Crippen LogP contribution in [0.25, 0.3) is 0 Å². The van der Waals surface area contributed by atoms with E-state index in [4.69, 9.17) is 4.74 Å². The molecule has 0 unspecified atom stereocenters. The summed E-state index contributed by atoms with van der Waals surface area (Å²) in [5.41, 5.74) is 2.18. The maximum atomic E-state index is 12.6. The second kappa shape index (κ2) is 7.47. The lowest BCUT2D eigenvalue weighted by Crippen LogP contribution is -2.32. The maximum Gasteiger partial charge on any atom is 0.339 e. The quantitative estimate of drug-likeness (QED) is 0.620. The average Bonchev–Trinajstić information content (AvgIpc) is 2.82. The largest absolute Gasteiger partial charge is 0.465 e. The molecule has 5 nitrogen and oxygen atoms in total. The van der Waals surface area contributed by atoms with Crippen molar-refractivity contribution < 1.29 is 14.3 Å². The molecule has 1 amide bonds. The predicted molar refractivity (Wildman–Crippen MR) is 82.5 cm³/mol. The van der Waals surface area contributed by atoms with E-state index in [-0.39, 0.29) is 5.91 Å². The van der Waals surface area contributed by atoms with Gasteiger partial charge in [0.2, 0.25) is 0 Å². The molecular weight excluding hydrogens is 268 g/mol. The lowest BCUT2D eigenvalue weighted by molar-refractivity contribution is 0.0599. The van der Waals surface area contributed by atoms with Crippen LogP contribution >= 0.6 is 0 Å². The van der Waals surface area contributed by atoms with Crippen molar-refractivity contribution in [2.45, 2.75) is 20.3 Å². The molecule has 0 atom stereocenters. The highest BCUT2D eigenvalue weighted by atomic mass is 16.5. The van der Waals surface area contributed by atoms with Gasteiger partial charge in [-0.1, -0.05) is 19.1 Å². The summed E-state index contributed by atoms with van der Waals surface area (Å²) in [5.74, 6) is -0.615. The van der Waals surface area contributed by atoms with Gasteiger partial charge in [-0.05, 0) is 18.9 Å². The number of hydrogen-bond donors (Lipinski definition) is 1. The van der Waals surface area contributed by atoms with Crippen LogP contribution in [0.5, 0.6) is 0 Å². The summed E-state index contributed by atoms with van der Waals surface area (Å²) in [4.78, 5) is 29.1. The third kappa shape index (κ3) is 3.42. The van der Waals surface area contributed by atoms with E-state index in [1.165, 1.54) is 7.11 Å². The van der Waals surface area contributed by atoms with E-state index >= 15 is 0 Å². The van der Waals surface area contributed by atoms with Gasteiger partial charge in [-0.25, -0.2) is 4.79 Å². The van der Waals surface area contributed by atoms with Crippen LogP contribution in [0.3, 0.4) is 0 Å². The summed E-state index contributed by atoms with van der Waals surface area (Å²) in [5, 5.41) is 0. The number of methoxy groups -OCH3 is 1. The molecule has 0 aliphatic carbocycles. The second-order valence-electron chi connectivity index (χ2n) is 4.61. The Morgan fingerprint density at radius 3 is 2.29 bits per heavy atom. The van der Waals surface area contributed by atoms with Crippen molar-refractivity contribution >= 4 is 11.9 Å². The first kappa shape index (κ1) is 16.8. The summed E-state index contributed by atoms with van der Waals surface area (Å²) >= 11 is 0. The van der Waals surface area contributed by atoms with Crippen LogP contribution in [0, 0.1) is 6.92 Å². The smallest absolute Gasteiger partial charge is 0.339 e. The van der Waals surface area contributed by atoms with Crippen LogP contribution in [-0.4, -0.2) is 42.0 Å². The standard InChI is InChI=1S/C16H22N2O3/c1-6-9-18(10-7-2)15(19)14-11(4)13(16(20)21-5)12(8-3)17-14/h6-7,17H,1-2,8-10H2,3-5H3. The van der Waals surface area contributed by atoms with Crippen molar-refractivity contribution in [1.82, 2.24) is 9.88 Å². The number of amides is 1. The van der Waals surface area contributed by atoms with Crippen molar-refractivity contribution in [2.75, 3.05) is 20.2 Å². The molecule has 0 radical (unpaired) electrons. The van der Waals surface area contributed by atoms with E-state index < -0.39 is 5.97 Å². The number of aromatic nitrogens is 1. The molecular formula is C16H22N2O3. The van der Waals surface area contributed by atoms with Gasteiger partial charge in [-0.3, -0.25) is 4.79 Å². The van der Waals surface area contributed by atoms with Crippen molar-refractivity contribution in [3.63, 3.8) is 0 Å². The fourth-order valence-corrected chi connectivity index (χ4v) is 2.23. The van der Waals surface area contributed by atoms with Gasteiger partial charge in [0.15, 0.2) is 0 Å². The molecule has 1 aromatic rings. The number of aryl methyl sites for hydroxylation is 1. The topological polar surface area (TPSA) is 62.4 Å². The third-order valence-corrected chi connectivity index (χ3v) is 3.27. The van der Waals surface area contributed by atoms with Gasteiger partial charge in [0.1, 0.15) is 5.69 Å². The summed E-state index contributed by atoms with van der Waals surface area (Å²) in [6.45, 7) is 11.8. The molecule has 21 heavy (non-hydrogen) atoms. The van der Waals surface area contributed by atoms with Crippen LogP contribution in [0.4, 0.5) is 0 Å². The van der Waals surface area contributed by atoms with E-state index in [9.17, 15) is 9.59 Å². The Labute approximate surface area is 125 Å². The molecule has 0 aliphatic rings. The van der Waals surface area contributed by atoms with Crippen molar-refractivity contribution in [3.05, 3.63) is 47.8 Å². The highest BCUT2D eigenvalue weighted by Gasteiger charge is 2.25. The Kier molecular flexibility index (Phi) is 5.96. The number of rotatable bonds is 7. The van der Waals surface area contributed by atoms with Crippen LogP contribution in [0.15, 0.2) is 25.3 Å². The van der Waals surface area contributed by atoms with Crippen LogP contribution in [0.2, 0.25) is 0 Å². The molecule has 1 aromatic heterocycles. The second-order valence-corrected chi connectivity index (χ2v) is 4.61. The molecule has 0 bridgehead atoms. The minimum atomic E-state index is -0.432. The Hall–Kier alpha value is -2.30. The first-order valence-electron chi connectivity index (χ1n) is 6.82. The Bertz CT molecular complexity index is 548. The summed E-state index contributed by atoms with van der Waals surface area (Å²) in [6, 6.07) is 0. The minimum absolute atomic E-state index is 0.183. The van der Waals surface area contributed by atoms with E-state index in [1.807, 2.05) is 6.92 Å². The van der Waals surface area contributed by atoms with E-state index in [2.05, 4.69) is 18.1 Å². The van der Waals surface area contributed by atoms with E-state index in [0.717, 1.165) is 0 Å². The molecule has 114 valence electrons. The van der Waals surface area contributed by atoms with Gasteiger partial charge in [-0.2, -0.15) is 0 Å². The monoisotopic (exact) mass is 290 g/mol. The van der Waals surface area contributed by atoms with Gasteiger partial charge < -0.3 is 14.6 Å². The SMILES string of the molecule is C=CCN(CC=C)C(=O)c1[nH]c(CC)c(C(=O)OC)c1C. The summed E-state index contributed by atoms with van der Waals surface area (Å²) < 4.78 is 4.79. The molecule has 1 heterocycles. The molecule has 0 aromatic carbocycles. The van der Waals surface area contributed by atoms with Crippen molar-refractivity contribution in [2.24, 2.45) is 0 Å². The number of hydrogen-bond acceptors (Lipinski definition) is 3. The van der Waals surface area contributed by atoms with Crippen LogP contribution in [-0.2, 0) is 11.2 Å². The van der Waals surface area contributed by atoms with Gasteiger partial charge in [-0.15, -0.1) is 13.2 Å². The fourth-order valence-electron chi connectivity index (χ4n) is 2.23. The Balaban J connectivity index is 3.26. The van der Waals surface area contributed by atoms with Gasteiger partial charge in [0.25, 0.3) is 5.91 Å². The number of esters is 1. The maximum absolute atomic E-state index is 12.6. The average molecular weight is 290 g/mol.